The van der Waals surface area contributed by atoms with E-state index in [1.165, 1.54) is 38.7 Å². The number of fused-ring (bicyclic) bond motifs is 4. The van der Waals surface area contributed by atoms with Crippen molar-refractivity contribution in [3.8, 4) is 44.9 Å². The Morgan fingerprint density at radius 1 is 0.544 bits per heavy atom. The molecule has 278 valence electrons. The van der Waals surface area contributed by atoms with Crippen LogP contribution in [0.5, 0.6) is 0 Å². The minimum absolute atomic E-state index is 0. The molecule has 0 saturated carbocycles. The Bertz CT molecular complexity index is 3010. The summed E-state index contributed by atoms with van der Waals surface area (Å²) in [6.07, 6.45) is 4.08. The first-order valence-corrected chi connectivity index (χ1v) is 19.1. The van der Waals surface area contributed by atoms with E-state index in [1.807, 2.05) is 6.20 Å². The number of rotatable bonds is 7. The van der Waals surface area contributed by atoms with Crippen LogP contribution in [0.3, 0.4) is 0 Å². The number of imidazole rings is 1. The van der Waals surface area contributed by atoms with Crippen molar-refractivity contribution in [3.63, 3.8) is 0 Å². The molecule has 7 aromatic carbocycles. The monoisotopic (exact) mass is 914 g/mol. The Kier molecular flexibility index (Phi) is 9.31. The van der Waals surface area contributed by atoms with Crippen molar-refractivity contribution in [3.05, 3.63) is 206 Å². The average Bonchev–Trinajstić information content (AvgIpc) is 3.78. The van der Waals surface area contributed by atoms with Gasteiger partial charge in [-0.15, -0.1) is 23.1 Å². The molecule has 0 fully saturated rings. The van der Waals surface area contributed by atoms with Gasteiger partial charge in [-0.1, -0.05) is 116 Å². The van der Waals surface area contributed by atoms with Gasteiger partial charge in [-0.05, 0) is 74.5 Å². The molecule has 0 spiro atoms. The zero-order valence-electron chi connectivity index (χ0n) is 31.9. The van der Waals surface area contributed by atoms with Crippen LogP contribution in [0.15, 0.2) is 182 Å². The van der Waals surface area contributed by atoms with Gasteiger partial charge in [0, 0.05) is 57.6 Å². The van der Waals surface area contributed by atoms with Gasteiger partial charge < -0.3 is 4.57 Å². The minimum Gasteiger partial charge on any atom is -0.319 e. The molecule has 3 aromatic heterocycles. The van der Waals surface area contributed by atoms with Crippen molar-refractivity contribution in [1.29, 1.82) is 0 Å². The third kappa shape index (κ3) is 6.22. The van der Waals surface area contributed by atoms with Gasteiger partial charge in [-0.2, -0.15) is 35.9 Å². The Balaban J connectivity index is 0.00000422. The fourth-order valence-electron chi connectivity index (χ4n) is 8.33. The molecular formula is C52H39N4Pt-. The van der Waals surface area contributed by atoms with Gasteiger partial charge in [0.2, 0.25) is 0 Å². The van der Waals surface area contributed by atoms with Gasteiger partial charge in [0.25, 0.3) is 0 Å². The summed E-state index contributed by atoms with van der Waals surface area (Å²) in [7, 11) is 2.09. The molecule has 0 aliphatic carbocycles. The number of hydrogen-bond acceptors (Lipinski definition) is 1. The summed E-state index contributed by atoms with van der Waals surface area (Å²) < 4.78 is 6.66. The van der Waals surface area contributed by atoms with Crippen molar-refractivity contribution in [1.82, 2.24) is 18.7 Å². The summed E-state index contributed by atoms with van der Waals surface area (Å²) in [5, 5.41) is 2.32. The molecule has 0 unspecified atom stereocenters. The second kappa shape index (κ2) is 14.6. The second-order valence-corrected chi connectivity index (χ2v) is 15.0. The van der Waals surface area contributed by atoms with E-state index in [1.54, 1.807) is 0 Å². The molecule has 10 aromatic rings. The first-order valence-electron chi connectivity index (χ1n) is 19.1. The molecule has 0 aliphatic rings. The van der Waals surface area contributed by atoms with E-state index in [0.29, 0.717) is 0 Å². The fraction of sp³-hybridized carbons (Fsp3) is 0.0769. The maximum Gasteiger partial charge on any atom is 0.188 e. The maximum atomic E-state index is 5.07. The number of hydrogen-bond donors (Lipinski definition) is 0. The first kappa shape index (κ1) is 36.3. The molecule has 57 heavy (non-hydrogen) atoms. The quantitative estimate of drug-likeness (QED) is 0.146. The molecule has 0 amide bonds. The van der Waals surface area contributed by atoms with E-state index in [0.717, 1.165) is 50.1 Å². The maximum absolute atomic E-state index is 5.07. The van der Waals surface area contributed by atoms with E-state index in [2.05, 4.69) is 223 Å². The first-order chi connectivity index (χ1) is 27.5. The third-order valence-corrected chi connectivity index (χ3v) is 11.3. The number of nitrogens with zero attached hydrogens (tertiary/aromatic N) is 4. The summed E-state index contributed by atoms with van der Waals surface area (Å²) in [6.45, 7) is 4.54. The van der Waals surface area contributed by atoms with Crippen molar-refractivity contribution in [2.24, 2.45) is 7.05 Å². The summed E-state index contributed by atoms with van der Waals surface area (Å²) in [5.41, 5.74) is 14.2. The van der Waals surface area contributed by atoms with E-state index in [9.17, 15) is 0 Å². The normalized spacial score (nSPS) is 11.6. The van der Waals surface area contributed by atoms with Crippen LogP contribution >= 0.6 is 0 Å². The molecule has 0 N–H and O–H groups in total. The minimum atomic E-state index is -0.398. The summed E-state index contributed by atoms with van der Waals surface area (Å²) >= 11 is 0. The Labute approximate surface area is 347 Å². The average molecular weight is 915 g/mol. The number of aromatic nitrogens is 4. The van der Waals surface area contributed by atoms with Crippen LogP contribution in [-0.2, 0) is 33.5 Å². The Hall–Kier alpha value is -6.35. The second-order valence-electron chi connectivity index (χ2n) is 15.0. The standard InChI is InChI=1S/C52H39N4.Pt/c1-52(2,39-20-14-21-41(33-39)55-35-54(3)47-26-12-13-27-48(47)55)40-28-29-45-44-22-10-11-25-46(44)56(49(45)34-40)50-32-38(30-31-53-50)51-42(36-16-6-4-7-17-36)23-15-24-43(51)37-18-8-5-9-19-37;/h4-32,35H,1-3H3;/q-1;. The van der Waals surface area contributed by atoms with Crippen LogP contribution in [0.1, 0.15) is 25.0 Å². The molecule has 0 saturated heterocycles. The van der Waals surface area contributed by atoms with Crippen LogP contribution < -0.4 is 0 Å². The van der Waals surface area contributed by atoms with Gasteiger partial charge >= 0.3 is 0 Å². The molecular weight excluding hydrogens is 876 g/mol. The summed E-state index contributed by atoms with van der Waals surface area (Å²) in [6, 6.07) is 68.1. The van der Waals surface area contributed by atoms with E-state index in [4.69, 9.17) is 4.98 Å². The molecule has 0 atom stereocenters. The molecule has 4 nitrogen and oxygen atoms in total. The number of benzene rings is 7. The van der Waals surface area contributed by atoms with Crippen molar-refractivity contribution in [2.75, 3.05) is 0 Å². The van der Waals surface area contributed by atoms with Gasteiger partial charge in [0.1, 0.15) is 5.82 Å². The fourth-order valence-corrected chi connectivity index (χ4v) is 8.33. The van der Waals surface area contributed by atoms with Gasteiger partial charge in [-0.25, -0.2) is 14.1 Å². The Morgan fingerprint density at radius 2 is 1.16 bits per heavy atom. The van der Waals surface area contributed by atoms with E-state index < -0.39 is 5.41 Å². The number of pyridine rings is 1. The zero-order chi connectivity index (χ0) is 37.8. The van der Waals surface area contributed by atoms with Gasteiger partial charge in [0.15, 0.2) is 17.4 Å². The van der Waals surface area contributed by atoms with Crippen molar-refractivity contribution >= 4 is 32.8 Å². The smallest absolute Gasteiger partial charge is 0.188 e. The van der Waals surface area contributed by atoms with Crippen molar-refractivity contribution in [2.45, 2.75) is 19.3 Å². The van der Waals surface area contributed by atoms with Crippen LogP contribution in [0.2, 0.25) is 0 Å². The summed E-state index contributed by atoms with van der Waals surface area (Å²) in [4.78, 5) is 5.07. The molecule has 3 heterocycles. The van der Waals surface area contributed by atoms with Crippen LogP contribution in [0.4, 0.5) is 0 Å². The SMILES string of the molecule is Cn1[cH+]n(-c2[c-]c(C(C)(C)c3[c-]c4c(cc3)c3ccccc3n4-c3cc(-c4c(-c5ccccc5)cccc4-c4ccccc4)ccn3)ccc2)c2ccccc21.[Pt]. The summed E-state index contributed by atoms with van der Waals surface area (Å²) in [5.74, 6) is 0.850. The van der Waals surface area contributed by atoms with Crippen molar-refractivity contribution < 1.29 is 21.1 Å². The van der Waals surface area contributed by atoms with Crippen LogP contribution in [0, 0.1) is 12.1 Å². The number of aryl methyl sites for hydroxylation is 1. The largest absolute Gasteiger partial charge is 0.319 e. The van der Waals surface area contributed by atoms with E-state index >= 15 is 0 Å². The van der Waals surface area contributed by atoms with E-state index in [-0.39, 0.29) is 21.1 Å². The predicted molar refractivity (Wildman–Crippen MR) is 231 cm³/mol. The topological polar surface area (TPSA) is 27.7 Å². The van der Waals surface area contributed by atoms with Crippen LogP contribution in [-0.4, -0.2) is 18.7 Å². The molecule has 0 aliphatic heterocycles. The third-order valence-electron chi connectivity index (χ3n) is 11.3. The Morgan fingerprint density at radius 3 is 1.88 bits per heavy atom. The molecule has 0 radical (unpaired) electrons. The molecule has 0 bridgehead atoms. The molecule has 10 rings (SSSR count). The molecule has 5 heteroatoms. The zero-order valence-corrected chi connectivity index (χ0v) is 34.2. The van der Waals surface area contributed by atoms with Gasteiger partial charge in [-0.3, -0.25) is 0 Å². The van der Waals surface area contributed by atoms with Gasteiger partial charge in [0.05, 0.1) is 0 Å². The van der Waals surface area contributed by atoms with Crippen LogP contribution in [0.25, 0.3) is 77.7 Å². The number of para-hydroxylation sites is 3. The predicted octanol–water partition coefficient (Wildman–Crippen LogP) is 12.7.